The van der Waals surface area contributed by atoms with E-state index in [9.17, 15) is 27.9 Å². The number of aliphatic hydroxyl groups is 1. The fourth-order valence-electron chi connectivity index (χ4n) is 6.83. The van der Waals surface area contributed by atoms with Crippen molar-refractivity contribution in [3.8, 4) is 0 Å². The molecule has 2 aliphatic carbocycles. The number of benzene rings is 1. The van der Waals surface area contributed by atoms with E-state index in [1.165, 1.54) is 6.07 Å². The lowest BCUT2D eigenvalue weighted by molar-refractivity contribution is -0.139. The number of hydrogen-bond donors (Lipinski definition) is 2. The number of rotatable bonds is 4. The molecule has 0 radical (unpaired) electrons. The molecule has 198 valence electrons. The minimum Gasteiger partial charge on any atom is -0.393 e. The van der Waals surface area contributed by atoms with Crippen molar-refractivity contribution in [1.82, 2.24) is 4.90 Å². The minimum absolute atomic E-state index is 0.0580. The van der Waals surface area contributed by atoms with Crippen molar-refractivity contribution in [1.29, 1.82) is 0 Å². The third-order valence-electron chi connectivity index (χ3n) is 8.87. The predicted octanol–water partition coefficient (Wildman–Crippen LogP) is 4.96. The van der Waals surface area contributed by atoms with Crippen LogP contribution < -0.4 is 10.2 Å². The zero-order valence-electron chi connectivity index (χ0n) is 20.7. The van der Waals surface area contributed by atoms with Gasteiger partial charge in [0, 0.05) is 43.0 Å². The van der Waals surface area contributed by atoms with Gasteiger partial charge in [0.25, 0.3) is 0 Å². The largest absolute Gasteiger partial charge is 0.418 e. The van der Waals surface area contributed by atoms with Crippen LogP contribution in [0, 0.1) is 11.3 Å². The molecule has 4 fully saturated rings. The smallest absolute Gasteiger partial charge is 0.393 e. The molecule has 0 aromatic heterocycles. The average Bonchev–Trinajstić information content (AvgIpc) is 3.49. The van der Waals surface area contributed by atoms with Crippen molar-refractivity contribution in [3.05, 3.63) is 23.8 Å². The maximum Gasteiger partial charge on any atom is 0.418 e. The summed E-state index contributed by atoms with van der Waals surface area (Å²) in [5, 5.41) is 12.5. The monoisotopic (exact) mass is 507 g/mol. The van der Waals surface area contributed by atoms with Crippen molar-refractivity contribution >= 4 is 23.2 Å². The Morgan fingerprint density at radius 3 is 2.42 bits per heavy atom. The van der Waals surface area contributed by atoms with Gasteiger partial charge in [-0.2, -0.15) is 13.2 Å². The van der Waals surface area contributed by atoms with Gasteiger partial charge in [-0.1, -0.05) is 12.8 Å². The van der Waals surface area contributed by atoms with Gasteiger partial charge in [-0.15, -0.1) is 0 Å². The summed E-state index contributed by atoms with van der Waals surface area (Å²) in [6.07, 6.45) is 3.53. The molecular weight excluding hydrogens is 471 g/mol. The molecule has 2 saturated heterocycles. The highest BCUT2D eigenvalue weighted by Crippen LogP contribution is 2.46. The molecule has 36 heavy (non-hydrogen) atoms. The summed E-state index contributed by atoms with van der Waals surface area (Å²) in [6.45, 7) is 1.36. The standard InChI is InChI=1S/C27H36F3N3O3/c28-27(29,30)22-16-19(31-24(35)18-4-1-2-5-18)6-11-23(22)32-14-3-12-26(17-32)13-15-33(25(26)36)20-7-9-21(34)10-8-20/h6,11,16,18,20-21,34H,1-5,7-10,12-15,17H2,(H,31,35)/t20?,21?,26-/m0/s1. The van der Waals surface area contributed by atoms with Gasteiger partial charge in [0.2, 0.25) is 11.8 Å². The highest BCUT2D eigenvalue weighted by molar-refractivity contribution is 5.93. The first kappa shape index (κ1) is 25.4. The highest BCUT2D eigenvalue weighted by Gasteiger charge is 2.51. The van der Waals surface area contributed by atoms with Crippen molar-refractivity contribution in [2.24, 2.45) is 11.3 Å². The second-order valence-electron chi connectivity index (χ2n) is 11.2. The number of carbonyl (C=O) groups is 2. The number of halogens is 3. The van der Waals surface area contributed by atoms with E-state index in [2.05, 4.69) is 5.32 Å². The van der Waals surface area contributed by atoms with Crippen LogP contribution in [0.1, 0.15) is 76.2 Å². The molecule has 2 amide bonds. The lowest BCUT2D eigenvalue weighted by atomic mass is 9.78. The number of hydrogen-bond acceptors (Lipinski definition) is 4. The number of likely N-dealkylation sites (tertiary alicyclic amines) is 1. The molecule has 2 saturated carbocycles. The van der Waals surface area contributed by atoms with Gasteiger partial charge >= 0.3 is 6.18 Å². The number of nitrogens with one attached hydrogen (secondary N) is 1. The number of nitrogens with zero attached hydrogens (tertiary/aromatic N) is 2. The Labute approximate surface area is 210 Å². The van der Waals surface area contributed by atoms with Crippen molar-refractivity contribution in [3.63, 3.8) is 0 Å². The zero-order chi connectivity index (χ0) is 25.5. The summed E-state index contributed by atoms with van der Waals surface area (Å²) in [4.78, 5) is 29.7. The number of amides is 2. The lowest BCUT2D eigenvalue weighted by Gasteiger charge is -2.42. The van der Waals surface area contributed by atoms with Crippen molar-refractivity contribution < 1.29 is 27.9 Å². The SMILES string of the molecule is O=C(Nc1ccc(N2CCC[C@]3(CCN(C4CCC(O)CC4)C3=O)C2)c(C(F)(F)F)c1)C1CCCC1. The third kappa shape index (κ3) is 4.95. The normalized spacial score (nSPS) is 29.8. The average molecular weight is 508 g/mol. The van der Waals surface area contributed by atoms with Crippen LogP contribution in [-0.4, -0.2) is 53.6 Å². The fourth-order valence-corrected chi connectivity index (χ4v) is 6.83. The summed E-state index contributed by atoms with van der Waals surface area (Å²) in [5.41, 5.74) is -1.19. The maximum absolute atomic E-state index is 14.2. The Hall–Kier alpha value is -2.29. The summed E-state index contributed by atoms with van der Waals surface area (Å²) >= 11 is 0. The topological polar surface area (TPSA) is 72.9 Å². The lowest BCUT2D eigenvalue weighted by Crippen LogP contribution is -2.50. The highest BCUT2D eigenvalue weighted by atomic mass is 19.4. The summed E-state index contributed by atoms with van der Waals surface area (Å²) in [6, 6.07) is 4.16. The molecule has 1 spiro atoms. The van der Waals surface area contributed by atoms with Crippen LogP contribution in [0.25, 0.3) is 0 Å². The summed E-state index contributed by atoms with van der Waals surface area (Å²) in [5.74, 6) is -0.288. The Balaban J connectivity index is 1.34. The molecule has 2 aliphatic heterocycles. The molecule has 2 heterocycles. The molecule has 0 unspecified atom stereocenters. The van der Waals surface area contributed by atoms with E-state index in [4.69, 9.17) is 0 Å². The molecule has 0 bridgehead atoms. The van der Waals surface area contributed by atoms with Gasteiger partial charge in [-0.05, 0) is 76.0 Å². The van der Waals surface area contributed by atoms with E-state index in [1.54, 1.807) is 11.0 Å². The van der Waals surface area contributed by atoms with Crippen LogP contribution >= 0.6 is 0 Å². The number of alkyl halides is 3. The first-order chi connectivity index (χ1) is 17.2. The molecule has 6 nitrogen and oxygen atoms in total. The molecule has 1 atom stereocenters. The quantitative estimate of drug-likeness (QED) is 0.605. The Morgan fingerprint density at radius 1 is 1.00 bits per heavy atom. The Bertz CT molecular complexity index is 986. The van der Waals surface area contributed by atoms with Gasteiger partial charge in [-0.3, -0.25) is 9.59 Å². The summed E-state index contributed by atoms with van der Waals surface area (Å²) in [7, 11) is 0. The Kier molecular flexibility index (Phi) is 6.96. The second kappa shape index (κ2) is 9.88. The fraction of sp³-hybridized carbons (Fsp3) is 0.704. The van der Waals surface area contributed by atoms with Crippen LogP contribution in [0.2, 0.25) is 0 Å². The predicted molar refractivity (Wildman–Crippen MR) is 131 cm³/mol. The second-order valence-corrected chi connectivity index (χ2v) is 11.2. The van der Waals surface area contributed by atoms with Crippen LogP contribution in [0.3, 0.4) is 0 Å². The van der Waals surface area contributed by atoms with Gasteiger partial charge in [-0.25, -0.2) is 0 Å². The molecule has 1 aromatic rings. The third-order valence-corrected chi connectivity index (χ3v) is 8.87. The van der Waals surface area contributed by atoms with Crippen LogP contribution in [0.15, 0.2) is 18.2 Å². The van der Waals surface area contributed by atoms with Crippen LogP contribution in [-0.2, 0) is 15.8 Å². The first-order valence-electron chi connectivity index (χ1n) is 13.4. The Morgan fingerprint density at radius 2 is 1.72 bits per heavy atom. The zero-order valence-corrected chi connectivity index (χ0v) is 20.7. The summed E-state index contributed by atoms with van der Waals surface area (Å²) < 4.78 is 42.5. The van der Waals surface area contributed by atoms with Crippen LogP contribution in [0.4, 0.5) is 24.5 Å². The molecule has 4 aliphatic rings. The van der Waals surface area contributed by atoms with Crippen molar-refractivity contribution in [2.45, 2.75) is 89.0 Å². The van der Waals surface area contributed by atoms with E-state index >= 15 is 0 Å². The number of aliphatic hydroxyl groups excluding tert-OH is 1. The number of piperidine rings is 1. The number of anilines is 2. The minimum atomic E-state index is -4.58. The maximum atomic E-state index is 14.2. The molecule has 2 N–H and O–H groups in total. The van der Waals surface area contributed by atoms with Gasteiger partial charge in [0.15, 0.2) is 0 Å². The molecule has 9 heteroatoms. The molecule has 1 aromatic carbocycles. The van der Waals surface area contributed by atoms with E-state index in [-0.39, 0.29) is 47.8 Å². The van der Waals surface area contributed by atoms with E-state index in [1.807, 2.05) is 4.90 Å². The first-order valence-corrected chi connectivity index (χ1v) is 13.4. The van der Waals surface area contributed by atoms with Crippen molar-refractivity contribution in [2.75, 3.05) is 29.9 Å². The molecule has 5 rings (SSSR count). The van der Waals surface area contributed by atoms with Gasteiger partial charge in [0.1, 0.15) is 0 Å². The van der Waals surface area contributed by atoms with E-state index in [0.29, 0.717) is 45.2 Å². The van der Waals surface area contributed by atoms with E-state index in [0.717, 1.165) is 44.6 Å². The van der Waals surface area contributed by atoms with E-state index < -0.39 is 17.2 Å². The van der Waals surface area contributed by atoms with Crippen LogP contribution in [0.5, 0.6) is 0 Å². The number of carbonyl (C=O) groups excluding carboxylic acids is 2. The molecular formula is C27H36F3N3O3. The van der Waals surface area contributed by atoms with Gasteiger partial charge in [0.05, 0.1) is 17.1 Å². The van der Waals surface area contributed by atoms with Gasteiger partial charge < -0.3 is 20.2 Å².